The second-order valence-corrected chi connectivity index (χ2v) is 5.64. The van der Waals surface area contributed by atoms with Gasteiger partial charge in [0.1, 0.15) is 6.04 Å². The van der Waals surface area contributed by atoms with Crippen LogP contribution in [0.5, 0.6) is 0 Å². The van der Waals surface area contributed by atoms with Crippen LogP contribution in [0.3, 0.4) is 0 Å². The Balaban J connectivity index is 2.47. The molecular formula is C15H23N3O3S. The maximum absolute atomic E-state index is 11.9. The summed E-state index contributed by atoms with van der Waals surface area (Å²) in [6.07, 6.45) is 2.48. The third-order valence-corrected chi connectivity index (χ3v) is 3.56. The molecule has 122 valence electrons. The van der Waals surface area contributed by atoms with Gasteiger partial charge in [0, 0.05) is 12.2 Å². The summed E-state index contributed by atoms with van der Waals surface area (Å²) in [5, 5.41) is 5.37. The van der Waals surface area contributed by atoms with Crippen molar-refractivity contribution in [3.8, 4) is 0 Å². The van der Waals surface area contributed by atoms with Gasteiger partial charge in [0.2, 0.25) is 0 Å². The summed E-state index contributed by atoms with van der Waals surface area (Å²) in [5.74, 6) is 0.362. The van der Waals surface area contributed by atoms with Crippen LogP contribution in [0, 0.1) is 0 Å². The molecule has 6 nitrogen and oxygen atoms in total. The predicted molar refractivity (Wildman–Crippen MR) is 89.6 cm³/mol. The molecule has 7 heteroatoms. The number of urea groups is 1. The lowest BCUT2D eigenvalue weighted by molar-refractivity contribution is -0.145. The molecule has 0 spiro atoms. The van der Waals surface area contributed by atoms with Crippen molar-refractivity contribution in [1.82, 2.24) is 10.6 Å². The average molecular weight is 325 g/mol. The lowest BCUT2D eigenvalue weighted by Gasteiger charge is -2.17. The molecule has 0 aliphatic heterocycles. The molecule has 0 aliphatic carbocycles. The van der Waals surface area contributed by atoms with Crippen LogP contribution in [0.4, 0.5) is 10.5 Å². The Morgan fingerprint density at radius 1 is 1.32 bits per heavy atom. The maximum atomic E-state index is 11.9. The fraction of sp³-hybridized carbons (Fsp3) is 0.467. The monoisotopic (exact) mass is 325 g/mol. The van der Waals surface area contributed by atoms with Crippen molar-refractivity contribution in [1.29, 1.82) is 0 Å². The van der Waals surface area contributed by atoms with Crippen LogP contribution in [-0.2, 0) is 16.1 Å². The van der Waals surface area contributed by atoms with E-state index in [1.165, 1.54) is 0 Å². The van der Waals surface area contributed by atoms with Crippen molar-refractivity contribution in [2.75, 3.05) is 24.3 Å². The first-order valence-corrected chi connectivity index (χ1v) is 8.50. The van der Waals surface area contributed by atoms with Crippen LogP contribution >= 0.6 is 11.8 Å². The van der Waals surface area contributed by atoms with Crippen LogP contribution in [0.15, 0.2) is 24.3 Å². The molecule has 1 rings (SSSR count). The van der Waals surface area contributed by atoms with Crippen LogP contribution in [0.1, 0.15) is 18.9 Å². The van der Waals surface area contributed by atoms with Gasteiger partial charge in [0.05, 0.1) is 6.61 Å². The molecule has 0 aromatic heterocycles. The Morgan fingerprint density at radius 2 is 2.00 bits per heavy atom. The molecule has 1 atom stereocenters. The quantitative estimate of drug-likeness (QED) is 0.500. The number of anilines is 1. The van der Waals surface area contributed by atoms with E-state index in [4.69, 9.17) is 10.5 Å². The predicted octanol–water partition coefficient (Wildman–Crippen LogP) is 1.75. The minimum absolute atomic E-state index is 0.295. The van der Waals surface area contributed by atoms with Crippen molar-refractivity contribution in [3.05, 3.63) is 29.8 Å². The summed E-state index contributed by atoms with van der Waals surface area (Å²) in [5.41, 5.74) is 7.21. The number of carbonyl (C=O) groups excluding carboxylic acids is 2. The fourth-order valence-electron chi connectivity index (χ4n) is 1.75. The number of amides is 2. The second kappa shape index (κ2) is 9.94. The molecule has 4 N–H and O–H groups in total. The van der Waals surface area contributed by atoms with Gasteiger partial charge in [-0.2, -0.15) is 11.8 Å². The molecule has 0 bridgehead atoms. The smallest absolute Gasteiger partial charge is 0.328 e. The number of rotatable bonds is 8. The van der Waals surface area contributed by atoms with Gasteiger partial charge in [0.25, 0.3) is 0 Å². The van der Waals surface area contributed by atoms with E-state index in [1.807, 2.05) is 18.4 Å². The van der Waals surface area contributed by atoms with E-state index >= 15 is 0 Å². The summed E-state index contributed by atoms with van der Waals surface area (Å²) in [6, 6.07) is 6.21. The first-order valence-electron chi connectivity index (χ1n) is 7.11. The van der Waals surface area contributed by atoms with E-state index in [1.54, 1.807) is 30.8 Å². The molecule has 2 amide bonds. The standard InChI is InChI=1S/C15H23N3O3S/c1-3-21-14(19)13(8-9-22-2)18-15(20)17-10-11-4-6-12(16)7-5-11/h4-7,13H,3,8-10,16H2,1-2H3,(H2,17,18,20)/t13-/m1/s1. The molecule has 0 saturated carbocycles. The third-order valence-electron chi connectivity index (χ3n) is 2.92. The summed E-state index contributed by atoms with van der Waals surface area (Å²) < 4.78 is 4.97. The highest BCUT2D eigenvalue weighted by molar-refractivity contribution is 7.98. The van der Waals surface area contributed by atoms with Gasteiger partial charge < -0.3 is 21.1 Å². The molecule has 0 saturated heterocycles. The summed E-state index contributed by atoms with van der Waals surface area (Å²) in [7, 11) is 0. The fourth-order valence-corrected chi connectivity index (χ4v) is 2.23. The highest BCUT2D eigenvalue weighted by Gasteiger charge is 2.21. The Kier molecular flexibility index (Phi) is 8.21. The van der Waals surface area contributed by atoms with E-state index in [2.05, 4.69) is 10.6 Å². The molecular weight excluding hydrogens is 302 g/mol. The molecule has 0 heterocycles. The zero-order valence-electron chi connectivity index (χ0n) is 12.9. The largest absolute Gasteiger partial charge is 0.464 e. The van der Waals surface area contributed by atoms with Gasteiger partial charge in [-0.25, -0.2) is 9.59 Å². The SMILES string of the molecule is CCOC(=O)[C@@H](CCSC)NC(=O)NCc1ccc(N)cc1. The summed E-state index contributed by atoms with van der Waals surface area (Å²) in [4.78, 5) is 23.7. The number of hydrogen-bond acceptors (Lipinski definition) is 5. The van der Waals surface area contributed by atoms with E-state index < -0.39 is 18.0 Å². The van der Waals surface area contributed by atoms with Gasteiger partial charge in [-0.1, -0.05) is 12.1 Å². The number of nitrogen functional groups attached to an aromatic ring is 1. The Morgan fingerprint density at radius 3 is 2.59 bits per heavy atom. The van der Waals surface area contributed by atoms with Crippen molar-refractivity contribution in [3.63, 3.8) is 0 Å². The molecule has 0 fully saturated rings. The Labute approximate surface area is 135 Å². The highest BCUT2D eigenvalue weighted by atomic mass is 32.2. The molecule has 0 radical (unpaired) electrons. The maximum Gasteiger partial charge on any atom is 0.328 e. The van der Waals surface area contributed by atoms with Crippen LogP contribution in [0.2, 0.25) is 0 Å². The zero-order chi connectivity index (χ0) is 16.4. The van der Waals surface area contributed by atoms with Gasteiger partial charge in [-0.15, -0.1) is 0 Å². The van der Waals surface area contributed by atoms with Crippen molar-refractivity contribution < 1.29 is 14.3 Å². The number of esters is 1. The van der Waals surface area contributed by atoms with Gasteiger partial charge in [-0.3, -0.25) is 0 Å². The number of carbonyl (C=O) groups is 2. The minimum atomic E-state index is -0.626. The minimum Gasteiger partial charge on any atom is -0.464 e. The second-order valence-electron chi connectivity index (χ2n) is 4.65. The summed E-state index contributed by atoms with van der Waals surface area (Å²) >= 11 is 1.61. The topological polar surface area (TPSA) is 93.4 Å². The lowest BCUT2D eigenvalue weighted by Crippen LogP contribution is -2.46. The Bertz CT molecular complexity index is 479. The van der Waals surface area contributed by atoms with E-state index in [0.717, 1.165) is 11.3 Å². The zero-order valence-corrected chi connectivity index (χ0v) is 13.7. The normalized spacial score (nSPS) is 11.5. The van der Waals surface area contributed by atoms with Crippen molar-refractivity contribution in [2.45, 2.75) is 25.9 Å². The number of hydrogen-bond donors (Lipinski definition) is 3. The average Bonchev–Trinajstić information content (AvgIpc) is 2.51. The molecule has 1 aromatic rings. The summed E-state index contributed by atoms with van der Waals surface area (Å²) in [6.45, 7) is 2.40. The number of ether oxygens (including phenoxy) is 1. The highest BCUT2D eigenvalue weighted by Crippen LogP contribution is 2.05. The van der Waals surface area contributed by atoms with Crippen LogP contribution in [-0.4, -0.2) is 36.7 Å². The van der Waals surface area contributed by atoms with Gasteiger partial charge >= 0.3 is 12.0 Å². The number of benzene rings is 1. The lowest BCUT2D eigenvalue weighted by atomic mass is 10.2. The number of thioether (sulfide) groups is 1. The van der Waals surface area contributed by atoms with E-state index in [9.17, 15) is 9.59 Å². The Hall–Kier alpha value is -1.89. The molecule has 22 heavy (non-hydrogen) atoms. The molecule has 0 aliphatic rings. The number of nitrogens with one attached hydrogen (secondary N) is 2. The van der Waals surface area contributed by atoms with Crippen molar-refractivity contribution >= 4 is 29.4 Å². The van der Waals surface area contributed by atoms with Crippen molar-refractivity contribution in [2.24, 2.45) is 0 Å². The third kappa shape index (κ3) is 6.71. The first kappa shape index (κ1) is 18.2. The van der Waals surface area contributed by atoms with Crippen LogP contribution < -0.4 is 16.4 Å². The number of nitrogens with two attached hydrogens (primary N) is 1. The first-order chi connectivity index (χ1) is 10.6. The van der Waals surface area contributed by atoms with E-state index in [0.29, 0.717) is 25.3 Å². The van der Waals surface area contributed by atoms with Gasteiger partial charge in [-0.05, 0) is 43.0 Å². The molecule has 0 unspecified atom stereocenters. The van der Waals surface area contributed by atoms with Gasteiger partial charge in [0.15, 0.2) is 0 Å². The van der Waals surface area contributed by atoms with Crippen LogP contribution in [0.25, 0.3) is 0 Å². The van der Waals surface area contributed by atoms with E-state index in [-0.39, 0.29) is 0 Å². The molecule has 1 aromatic carbocycles.